The summed E-state index contributed by atoms with van der Waals surface area (Å²) >= 11 is 0. The third-order valence-electron chi connectivity index (χ3n) is 4.02. The van der Waals surface area contributed by atoms with E-state index in [4.69, 9.17) is 0 Å². The van der Waals surface area contributed by atoms with Crippen LogP contribution in [0, 0.1) is 5.92 Å². The average molecular weight is 509 g/mol. The van der Waals surface area contributed by atoms with Crippen LogP contribution < -0.4 is 10.6 Å². The summed E-state index contributed by atoms with van der Waals surface area (Å²) in [6, 6.07) is 9.66. The molecule has 0 bridgehead atoms. The van der Waals surface area contributed by atoms with Crippen LogP contribution in [0.1, 0.15) is 52.5 Å². The largest absolute Gasteiger partial charge is 0.357 e. The molecule has 0 aliphatic rings. The molecule has 156 valence electrons. The Kier molecular flexibility index (Phi) is 13.8. The summed E-state index contributed by atoms with van der Waals surface area (Å²) in [4.78, 5) is 4.52. The lowest BCUT2D eigenvalue weighted by molar-refractivity contribution is 0.489. The summed E-state index contributed by atoms with van der Waals surface area (Å²) < 4.78 is 24.4. The van der Waals surface area contributed by atoms with E-state index in [1.165, 1.54) is 6.42 Å². The number of nitrogens with one attached hydrogen (secondary N) is 2. The minimum Gasteiger partial charge on any atom is -0.357 e. The maximum atomic E-state index is 12.2. The predicted octanol–water partition coefficient (Wildman–Crippen LogP) is 3.99. The monoisotopic (exact) mass is 509 g/mol. The highest BCUT2D eigenvalue weighted by atomic mass is 127. The summed E-state index contributed by atoms with van der Waals surface area (Å²) in [6.45, 7) is 9.92. The topological polar surface area (TPSA) is 70.6 Å². The van der Waals surface area contributed by atoms with Crippen LogP contribution in [0.2, 0.25) is 0 Å². The van der Waals surface area contributed by atoms with Crippen molar-refractivity contribution in [2.24, 2.45) is 10.9 Å². The van der Waals surface area contributed by atoms with Crippen LogP contribution in [0.3, 0.4) is 0 Å². The highest BCUT2D eigenvalue weighted by Gasteiger charge is 2.11. The maximum Gasteiger partial charge on any atom is 0.191 e. The SMILES string of the molecule is CCNC(=NCCCS(=O)(=O)Cc1ccccc1)NC(C)CCC(C)C.I. The number of sulfone groups is 1. The third kappa shape index (κ3) is 13.1. The first-order valence-corrected chi connectivity index (χ1v) is 11.4. The molecule has 0 heterocycles. The predicted molar refractivity (Wildman–Crippen MR) is 127 cm³/mol. The molecule has 1 atom stereocenters. The summed E-state index contributed by atoms with van der Waals surface area (Å²) in [5.74, 6) is 1.72. The van der Waals surface area contributed by atoms with Gasteiger partial charge in [-0.05, 0) is 44.6 Å². The van der Waals surface area contributed by atoms with E-state index in [1.807, 2.05) is 37.3 Å². The lowest BCUT2D eigenvalue weighted by atomic mass is 10.0. The molecule has 0 fully saturated rings. The second kappa shape index (κ2) is 14.2. The van der Waals surface area contributed by atoms with E-state index in [2.05, 4.69) is 36.4 Å². The Balaban J connectivity index is 0.00000676. The molecule has 7 heteroatoms. The zero-order valence-corrected chi connectivity index (χ0v) is 20.2. The Bertz CT molecular complexity index is 634. The molecular formula is C20H36IN3O2S. The van der Waals surface area contributed by atoms with Crippen molar-refractivity contribution in [3.63, 3.8) is 0 Å². The Morgan fingerprint density at radius 1 is 1.11 bits per heavy atom. The molecule has 1 rings (SSSR count). The number of benzene rings is 1. The summed E-state index contributed by atoms with van der Waals surface area (Å²) in [6.07, 6.45) is 2.80. The molecule has 1 aromatic carbocycles. The van der Waals surface area contributed by atoms with Crippen LogP contribution in [0.4, 0.5) is 0 Å². The Morgan fingerprint density at radius 2 is 1.78 bits per heavy atom. The molecule has 0 radical (unpaired) electrons. The van der Waals surface area contributed by atoms with Crippen LogP contribution in [-0.4, -0.2) is 39.3 Å². The van der Waals surface area contributed by atoms with Crippen molar-refractivity contribution in [3.8, 4) is 0 Å². The Labute approximate surface area is 182 Å². The van der Waals surface area contributed by atoms with Gasteiger partial charge in [0.05, 0.1) is 11.5 Å². The van der Waals surface area contributed by atoms with Gasteiger partial charge in [-0.1, -0.05) is 44.2 Å². The molecule has 1 unspecified atom stereocenters. The first-order chi connectivity index (χ1) is 12.3. The van der Waals surface area contributed by atoms with Crippen LogP contribution >= 0.6 is 24.0 Å². The van der Waals surface area contributed by atoms with Crippen LogP contribution in [0.25, 0.3) is 0 Å². The molecule has 0 aliphatic heterocycles. The minimum atomic E-state index is -3.10. The van der Waals surface area contributed by atoms with Gasteiger partial charge in [0.25, 0.3) is 0 Å². The number of nitrogens with zero attached hydrogens (tertiary/aromatic N) is 1. The van der Waals surface area contributed by atoms with Gasteiger partial charge in [-0.3, -0.25) is 4.99 Å². The first-order valence-electron chi connectivity index (χ1n) is 9.61. The van der Waals surface area contributed by atoms with Gasteiger partial charge in [0, 0.05) is 19.1 Å². The fourth-order valence-corrected chi connectivity index (χ4v) is 4.00. The summed E-state index contributed by atoms with van der Waals surface area (Å²) in [5, 5.41) is 6.63. The third-order valence-corrected chi connectivity index (χ3v) is 5.70. The second-order valence-electron chi connectivity index (χ2n) is 7.21. The van der Waals surface area contributed by atoms with E-state index in [-0.39, 0.29) is 35.5 Å². The maximum absolute atomic E-state index is 12.2. The van der Waals surface area contributed by atoms with Gasteiger partial charge >= 0.3 is 0 Å². The molecule has 5 nitrogen and oxygen atoms in total. The quantitative estimate of drug-likeness (QED) is 0.205. The fraction of sp³-hybridized carbons (Fsp3) is 0.650. The van der Waals surface area contributed by atoms with Crippen molar-refractivity contribution >= 4 is 39.8 Å². The average Bonchev–Trinajstić information content (AvgIpc) is 2.57. The zero-order valence-electron chi connectivity index (χ0n) is 17.1. The fourth-order valence-electron chi connectivity index (χ4n) is 2.58. The Hall–Kier alpha value is -0.830. The molecule has 1 aromatic rings. The van der Waals surface area contributed by atoms with Gasteiger partial charge in [-0.25, -0.2) is 8.42 Å². The van der Waals surface area contributed by atoms with Crippen LogP contribution in [-0.2, 0) is 15.6 Å². The van der Waals surface area contributed by atoms with Gasteiger partial charge in [0.1, 0.15) is 0 Å². The van der Waals surface area contributed by atoms with E-state index in [0.29, 0.717) is 24.9 Å². The summed E-state index contributed by atoms with van der Waals surface area (Å²) in [7, 11) is -3.10. The lowest BCUT2D eigenvalue weighted by Crippen LogP contribution is -2.42. The Morgan fingerprint density at radius 3 is 2.37 bits per heavy atom. The van der Waals surface area contributed by atoms with E-state index < -0.39 is 9.84 Å². The summed E-state index contributed by atoms with van der Waals surface area (Å²) in [5.41, 5.74) is 0.838. The highest BCUT2D eigenvalue weighted by Crippen LogP contribution is 2.08. The van der Waals surface area contributed by atoms with Crippen LogP contribution in [0.15, 0.2) is 35.3 Å². The van der Waals surface area contributed by atoms with Gasteiger partial charge < -0.3 is 10.6 Å². The molecular weight excluding hydrogens is 473 g/mol. The van der Waals surface area contributed by atoms with E-state index >= 15 is 0 Å². The molecule has 0 aliphatic carbocycles. The van der Waals surface area contributed by atoms with Gasteiger partial charge in [0.2, 0.25) is 0 Å². The molecule has 27 heavy (non-hydrogen) atoms. The van der Waals surface area contributed by atoms with Crippen molar-refractivity contribution in [2.45, 2.75) is 58.8 Å². The van der Waals surface area contributed by atoms with Crippen molar-refractivity contribution in [3.05, 3.63) is 35.9 Å². The smallest absolute Gasteiger partial charge is 0.191 e. The van der Waals surface area contributed by atoms with Gasteiger partial charge in [-0.2, -0.15) is 0 Å². The number of guanidine groups is 1. The molecule has 0 spiro atoms. The molecule has 0 amide bonds. The second-order valence-corrected chi connectivity index (χ2v) is 9.39. The molecule has 0 saturated carbocycles. The lowest BCUT2D eigenvalue weighted by Gasteiger charge is -2.18. The zero-order chi connectivity index (χ0) is 19.4. The number of aliphatic imine (C=N–C) groups is 1. The van der Waals surface area contributed by atoms with E-state index in [0.717, 1.165) is 24.5 Å². The number of hydrogen-bond acceptors (Lipinski definition) is 3. The van der Waals surface area contributed by atoms with E-state index in [1.54, 1.807) is 0 Å². The number of halogens is 1. The van der Waals surface area contributed by atoms with E-state index in [9.17, 15) is 8.42 Å². The van der Waals surface area contributed by atoms with Crippen molar-refractivity contribution in [1.29, 1.82) is 0 Å². The normalized spacial score (nSPS) is 13.1. The van der Waals surface area contributed by atoms with Crippen molar-refractivity contribution in [1.82, 2.24) is 10.6 Å². The van der Waals surface area contributed by atoms with Crippen LogP contribution in [0.5, 0.6) is 0 Å². The highest BCUT2D eigenvalue weighted by molar-refractivity contribution is 14.0. The molecule has 2 N–H and O–H groups in total. The minimum absolute atomic E-state index is 0. The van der Waals surface area contributed by atoms with Crippen molar-refractivity contribution in [2.75, 3.05) is 18.8 Å². The molecule has 0 aromatic heterocycles. The first kappa shape index (κ1) is 26.2. The molecule has 0 saturated heterocycles. The standard InChI is InChI=1S/C20H35N3O2S.HI/c1-5-21-20(23-18(4)13-12-17(2)3)22-14-9-15-26(24,25)16-19-10-7-6-8-11-19;/h6-8,10-11,17-18H,5,9,12-16H2,1-4H3,(H2,21,22,23);1H. The number of hydrogen-bond donors (Lipinski definition) is 2. The van der Waals surface area contributed by atoms with Gasteiger partial charge in [-0.15, -0.1) is 24.0 Å². The number of rotatable bonds is 11. The van der Waals surface area contributed by atoms with Crippen molar-refractivity contribution < 1.29 is 8.42 Å². The van der Waals surface area contributed by atoms with Gasteiger partial charge in [0.15, 0.2) is 15.8 Å².